The molecule has 1 aromatic carbocycles. The van der Waals surface area contributed by atoms with Crippen molar-refractivity contribution in [2.24, 2.45) is 0 Å². The topological polar surface area (TPSA) is 126 Å². The number of rotatable bonds is 5. The molecule has 4 aromatic rings. The van der Waals surface area contributed by atoms with Gasteiger partial charge in [-0.15, -0.1) is 5.10 Å². The van der Waals surface area contributed by atoms with Crippen molar-refractivity contribution >= 4 is 23.1 Å². The van der Waals surface area contributed by atoms with Crippen molar-refractivity contribution in [3.8, 4) is 16.9 Å². The first-order chi connectivity index (χ1) is 19.5. The molecule has 2 aliphatic heterocycles. The number of nitrogens with zero attached hydrogens (tertiary/aromatic N) is 7. The largest absolute Gasteiger partial charge is 0.420 e. The number of halogens is 6. The summed E-state index contributed by atoms with van der Waals surface area (Å²) in [5, 5.41) is 20.4. The molecule has 3 atom stereocenters. The molecule has 0 saturated carbocycles. The molecule has 0 bridgehead atoms. The molecule has 6 rings (SSSR count). The number of alkyl halides is 3. The van der Waals surface area contributed by atoms with E-state index < -0.39 is 41.6 Å². The zero-order chi connectivity index (χ0) is 29.1. The number of H-pyrrole nitrogens is 1. The number of benzene rings is 1. The monoisotopic (exact) mass is 592 g/mol. The molecule has 5 heterocycles. The van der Waals surface area contributed by atoms with Gasteiger partial charge in [0.2, 0.25) is 5.91 Å². The van der Waals surface area contributed by atoms with E-state index >= 15 is 4.39 Å². The summed E-state index contributed by atoms with van der Waals surface area (Å²) in [6.07, 6.45) is -2.10. The predicted molar refractivity (Wildman–Crippen MR) is 132 cm³/mol. The Morgan fingerprint density at radius 3 is 2.66 bits per heavy atom. The van der Waals surface area contributed by atoms with Gasteiger partial charge < -0.3 is 15.0 Å². The van der Waals surface area contributed by atoms with Crippen LogP contribution < -0.4 is 0 Å². The van der Waals surface area contributed by atoms with Crippen LogP contribution in [-0.2, 0) is 4.79 Å². The van der Waals surface area contributed by atoms with E-state index in [0.29, 0.717) is 36.3 Å². The summed E-state index contributed by atoms with van der Waals surface area (Å²) in [5.74, 6) is -2.18. The fourth-order valence-corrected chi connectivity index (χ4v) is 5.52. The van der Waals surface area contributed by atoms with Crippen LogP contribution in [0.2, 0.25) is 5.02 Å². The third-order valence-electron chi connectivity index (χ3n) is 7.19. The second-order valence-electron chi connectivity index (χ2n) is 9.56. The number of hydrogen-bond donors (Lipinski definition) is 2. The second kappa shape index (κ2) is 9.99. The molecule has 2 aliphatic rings. The van der Waals surface area contributed by atoms with Crippen LogP contribution >= 0.6 is 11.6 Å². The molecule has 1 fully saturated rings. The number of carbonyl (C=O) groups excluding carboxylic acids is 1. The van der Waals surface area contributed by atoms with E-state index in [1.165, 1.54) is 29.3 Å². The average molecular weight is 593 g/mol. The zero-order valence-corrected chi connectivity index (χ0v) is 21.4. The Hall–Kier alpha value is -4.24. The molecular formula is C25H18ClF5N8O2. The maximum atomic E-state index is 15.3. The number of nitrogens with one attached hydrogen (secondary N) is 1. The van der Waals surface area contributed by atoms with Gasteiger partial charge in [0.1, 0.15) is 17.8 Å². The van der Waals surface area contributed by atoms with Gasteiger partial charge in [-0.3, -0.25) is 9.78 Å². The number of aliphatic hydroxyl groups excluding tert-OH is 1. The Labute approximate surface area is 232 Å². The van der Waals surface area contributed by atoms with Crippen molar-refractivity contribution in [3.63, 3.8) is 0 Å². The maximum absolute atomic E-state index is 15.3. The van der Waals surface area contributed by atoms with E-state index in [2.05, 4.69) is 30.5 Å². The minimum absolute atomic E-state index is 0.0479. The minimum atomic E-state index is -5.10. The fraction of sp³-hybridized carbons (Fsp3) is 0.280. The van der Waals surface area contributed by atoms with E-state index in [0.717, 1.165) is 12.3 Å². The Morgan fingerprint density at radius 2 is 1.93 bits per heavy atom. The van der Waals surface area contributed by atoms with Crippen LogP contribution in [-0.4, -0.2) is 63.3 Å². The lowest BCUT2D eigenvalue weighted by Crippen LogP contribution is -2.39. The number of aromatic nitrogens is 7. The molecule has 0 unspecified atom stereocenters. The molecular weight excluding hydrogens is 575 g/mol. The summed E-state index contributed by atoms with van der Waals surface area (Å²) >= 11 is 6.06. The Bertz CT molecular complexity index is 1670. The van der Waals surface area contributed by atoms with Gasteiger partial charge in [-0.2, -0.15) is 17.9 Å². The number of pyridine rings is 1. The highest BCUT2D eigenvalue weighted by Gasteiger charge is 2.44. The van der Waals surface area contributed by atoms with Gasteiger partial charge in [-0.1, -0.05) is 11.6 Å². The molecule has 1 saturated heterocycles. The molecule has 41 heavy (non-hydrogen) atoms. The second-order valence-corrected chi connectivity index (χ2v) is 9.97. The van der Waals surface area contributed by atoms with Gasteiger partial charge >= 0.3 is 6.18 Å². The molecule has 0 radical (unpaired) electrons. The highest BCUT2D eigenvalue weighted by atomic mass is 35.5. The summed E-state index contributed by atoms with van der Waals surface area (Å²) in [6.45, 7) is 0. The van der Waals surface area contributed by atoms with E-state index in [1.54, 1.807) is 11.0 Å². The number of aliphatic hydroxyl groups is 1. The number of aromatic amines is 1. The molecule has 3 aromatic heterocycles. The Kier molecular flexibility index (Phi) is 6.57. The van der Waals surface area contributed by atoms with Crippen LogP contribution in [0, 0.1) is 11.6 Å². The van der Waals surface area contributed by atoms with Crippen LogP contribution in [0.1, 0.15) is 48.5 Å². The van der Waals surface area contributed by atoms with E-state index in [1.807, 2.05) is 0 Å². The van der Waals surface area contributed by atoms with Gasteiger partial charge in [-0.25, -0.2) is 13.8 Å². The first kappa shape index (κ1) is 27.0. The van der Waals surface area contributed by atoms with E-state index in [9.17, 15) is 27.5 Å². The van der Waals surface area contributed by atoms with Crippen molar-refractivity contribution in [1.82, 2.24) is 40.1 Å². The van der Waals surface area contributed by atoms with E-state index in [-0.39, 0.29) is 27.9 Å². The lowest BCUT2D eigenvalue weighted by atomic mass is 9.92. The van der Waals surface area contributed by atoms with Crippen molar-refractivity contribution in [3.05, 3.63) is 76.7 Å². The summed E-state index contributed by atoms with van der Waals surface area (Å²) in [4.78, 5) is 25.5. The number of tetrazole rings is 1. The Balaban J connectivity index is 1.30. The van der Waals surface area contributed by atoms with Crippen molar-refractivity contribution in [1.29, 1.82) is 0 Å². The fourth-order valence-electron chi connectivity index (χ4n) is 5.36. The highest BCUT2D eigenvalue weighted by molar-refractivity contribution is 6.31. The lowest BCUT2D eigenvalue weighted by molar-refractivity contribution is -0.208. The summed E-state index contributed by atoms with van der Waals surface area (Å²) in [5.41, 5.74) is -0.560. The van der Waals surface area contributed by atoms with Crippen LogP contribution in [0.15, 0.2) is 43.0 Å². The van der Waals surface area contributed by atoms with Crippen LogP contribution in [0.25, 0.3) is 22.5 Å². The van der Waals surface area contributed by atoms with Crippen LogP contribution in [0.5, 0.6) is 0 Å². The minimum Gasteiger partial charge on any atom is -0.378 e. The third-order valence-corrected chi connectivity index (χ3v) is 7.48. The Morgan fingerprint density at radius 1 is 1.12 bits per heavy atom. The molecule has 16 heteroatoms. The SMILES string of the molecule is O=C1C=C(c2c(-n3cnnn3)ccc(Cl)c2F)C[C@@H]2CC[C@@H](c3ncc(-c4ccnc([C@H](O)C(F)(F)F)c4F)[nH]3)N12. The molecule has 2 N–H and O–H groups in total. The number of carbonyl (C=O) groups is 1. The number of fused-ring (bicyclic) bond motifs is 1. The summed E-state index contributed by atoms with van der Waals surface area (Å²) in [6, 6.07) is 3.20. The van der Waals surface area contributed by atoms with Gasteiger partial charge in [0.25, 0.3) is 0 Å². The molecule has 0 aliphatic carbocycles. The van der Waals surface area contributed by atoms with Crippen LogP contribution in [0.4, 0.5) is 22.0 Å². The smallest absolute Gasteiger partial charge is 0.378 e. The molecule has 0 spiro atoms. The van der Waals surface area contributed by atoms with E-state index in [4.69, 9.17) is 11.6 Å². The highest BCUT2D eigenvalue weighted by Crippen LogP contribution is 2.44. The number of amides is 1. The standard InChI is InChI=1S/C25H18ClF5N8O2/c26-14-2-4-16(38-10-34-36-37-38)19(21(14)28)11-7-12-1-3-17(39(12)18(40)8-11)24-33-9-15(35-24)13-5-6-32-22(20(13)27)23(41)25(29,30)31/h2,4-6,8-10,12,17,23,41H,1,3,7H2,(H,33,35)/t12-,17-,23-/m0/s1. The normalized spacial score (nSPS) is 19.8. The number of hydrogen-bond acceptors (Lipinski definition) is 7. The summed E-state index contributed by atoms with van der Waals surface area (Å²) < 4.78 is 70.4. The van der Waals surface area contributed by atoms with Crippen molar-refractivity contribution < 1.29 is 31.9 Å². The van der Waals surface area contributed by atoms with Crippen molar-refractivity contribution in [2.75, 3.05) is 0 Å². The molecule has 212 valence electrons. The quantitative estimate of drug-likeness (QED) is 0.327. The zero-order valence-electron chi connectivity index (χ0n) is 20.6. The van der Waals surface area contributed by atoms with Gasteiger partial charge in [0.05, 0.1) is 28.6 Å². The lowest BCUT2D eigenvalue weighted by Gasteiger charge is -2.33. The summed E-state index contributed by atoms with van der Waals surface area (Å²) in [7, 11) is 0. The van der Waals surface area contributed by atoms with Gasteiger partial charge in [0.15, 0.2) is 17.7 Å². The van der Waals surface area contributed by atoms with Gasteiger partial charge in [-0.05, 0) is 53.5 Å². The molecule has 10 nitrogen and oxygen atoms in total. The maximum Gasteiger partial charge on any atom is 0.420 e. The average Bonchev–Trinajstić information content (AvgIpc) is 3.70. The first-order valence-corrected chi connectivity index (χ1v) is 12.6. The predicted octanol–water partition coefficient (Wildman–Crippen LogP) is 4.49. The number of imidazole rings is 1. The van der Waals surface area contributed by atoms with Crippen LogP contribution in [0.3, 0.4) is 0 Å². The molecule has 1 amide bonds. The van der Waals surface area contributed by atoms with Gasteiger partial charge in [0, 0.05) is 29.4 Å². The third kappa shape index (κ3) is 4.64. The van der Waals surface area contributed by atoms with Crippen molar-refractivity contribution in [2.45, 2.75) is 43.6 Å². The first-order valence-electron chi connectivity index (χ1n) is 12.2.